The minimum absolute atomic E-state index is 0.0525. The second-order valence-electron chi connectivity index (χ2n) is 13.5. The highest BCUT2D eigenvalue weighted by Gasteiger charge is 2.40. The van der Waals surface area contributed by atoms with Gasteiger partial charge in [-0.05, 0) is 42.3 Å². The number of amides is 2. The third kappa shape index (κ3) is 5.43. The number of carbonyl (C=O) groups is 2. The summed E-state index contributed by atoms with van der Waals surface area (Å²) in [5.41, 5.74) is 2.28. The summed E-state index contributed by atoms with van der Waals surface area (Å²) in [6.07, 6.45) is -4.13. The molecule has 0 bridgehead atoms. The van der Waals surface area contributed by atoms with E-state index in [1.165, 1.54) is 15.9 Å². The van der Waals surface area contributed by atoms with Gasteiger partial charge in [-0.25, -0.2) is 4.98 Å². The lowest BCUT2D eigenvalue weighted by Gasteiger charge is -2.41. The van der Waals surface area contributed by atoms with Crippen LogP contribution in [0.25, 0.3) is 17.2 Å². The Labute approximate surface area is 308 Å². The van der Waals surface area contributed by atoms with Gasteiger partial charge in [-0.15, -0.1) is 5.10 Å². The number of rotatable bonds is 4. The van der Waals surface area contributed by atoms with Gasteiger partial charge in [0.15, 0.2) is 17.3 Å². The summed E-state index contributed by atoms with van der Waals surface area (Å²) in [4.78, 5) is 55.9. The number of nitrogens with zero attached hydrogens (tertiary/aromatic N) is 8. The molecule has 1 fully saturated rings. The Kier molecular flexibility index (Phi) is 7.86. The van der Waals surface area contributed by atoms with Crippen molar-refractivity contribution in [2.45, 2.75) is 45.3 Å². The predicted molar refractivity (Wildman–Crippen MR) is 187 cm³/mol. The van der Waals surface area contributed by atoms with E-state index in [-0.39, 0.29) is 72.2 Å². The van der Waals surface area contributed by atoms with E-state index >= 15 is 0 Å². The van der Waals surface area contributed by atoms with E-state index in [0.717, 1.165) is 33.8 Å². The Morgan fingerprint density at radius 2 is 1.78 bits per heavy atom. The fourth-order valence-corrected chi connectivity index (χ4v) is 7.94. The third-order valence-corrected chi connectivity index (χ3v) is 10.6. The van der Waals surface area contributed by atoms with Crippen LogP contribution in [0.3, 0.4) is 0 Å². The van der Waals surface area contributed by atoms with Crippen molar-refractivity contribution >= 4 is 40.6 Å². The highest BCUT2D eigenvalue weighted by molar-refractivity contribution is 6.34. The summed E-state index contributed by atoms with van der Waals surface area (Å²) in [7, 11) is 0. The molecule has 0 radical (unpaired) electrons. The highest BCUT2D eigenvalue weighted by Crippen LogP contribution is 2.42. The minimum Gasteiger partial charge on any atom is -0.505 e. The van der Waals surface area contributed by atoms with Crippen LogP contribution in [-0.2, 0) is 41.9 Å². The van der Waals surface area contributed by atoms with Gasteiger partial charge >= 0.3 is 6.18 Å². The van der Waals surface area contributed by atoms with Gasteiger partial charge in [-0.1, -0.05) is 23.7 Å². The molecule has 14 nitrogen and oxygen atoms in total. The lowest BCUT2D eigenvalue weighted by molar-refractivity contribution is -0.137. The number of halogens is 4. The molecule has 9 rings (SSSR count). The van der Waals surface area contributed by atoms with E-state index < -0.39 is 35.2 Å². The molecule has 278 valence electrons. The van der Waals surface area contributed by atoms with Crippen molar-refractivity contribution in [1.82, 2.24) is 29.0 Å². The molecule has 1 unspecified atom stereocenters. The first kappa shape index (κ1) is 34.1. The first-order chi connectivity index (χ1) is 25.9. The number of piperazine rings is 1. The number of aromatic nitrogens is 5. The number of anilines is 2. The first-order valence-electron chi connectivity index (χ1n) is 17.2. The molecule has 18 heteroatoms. The normalized spacial score (nSPS) is 18.2. The van der Waals surface area contributed by atoms with Gasteiger partial charge < -0.3 is 33.8 Å². The van der Waals surface area contributed by atoms with Crippen LogP contribution in [0.4, 0.5) is 24.5 Å². The maximum absolute atomic E-state index is 14.6. The molecule has 0 spiro atoms. The topological polar surface area (TPSA) is 148 Å². The van der Waals surface area contributed by atoms with E-state index in [4.69, 9.17) is 26.1 Å². The van der Waals surface area contributed by atoms with Crippen LogP contribution in [0.5, 0.6) is 11.5 Å². The molecule has 0 saturated carbocycles. The molecule has 5 aromatic rings. The number of benzene rings is 2. The smallest absolute Gasteiger partial charge is 0.416 e. The zero-order chi connectivity index (χ0) is 37.6. The van der Waals surface area contributed by atoms with Crippen molar-refractivity contribution in [2.24, 2.45) is 0 Å². The molecule has 2 amide bonds. The van der Waals surface area contributed by atoms with E-state index in [1.54, 1.807) is 16.4 Å². The van der Waals surface area contributed by atoms with E-state index in [2.05, 4.69) is 10.1 Å². The molecule has 54 heavy (non-hydrogen) atoms. The second-order valence-corrected chi connectivity index (χ2v) is 13.9. The molecule has 2 aromatic carbocycles. The molecule has 4 aliphatic heterocycles. The number of fused-ring (bicyclic) bond motifs is 5. The Balaban J connectivity index is 1.12. The standard InChI is InChI=1S/C36H30ClF3N8O6/c1-18-30-31(44-7-9-45(10-8-44)33(51)29-26(49)14-27-24(41-29)6-11-54-27)34(52)48-35(42-32(43-48)19-2-3-20-16-53-17-21(20)12-19)46(30)15-28(50)47(18)25-5-4-22(13-23(25)37)36(38,39)40/h2-5,12-14,18,49H,6-11,15-17H2,1H3. The number of aromatic hydroxyl groups is 1. The number of hydrogen-bond donors (Lipinski definition) is 1. The van der Waals surface area contributed by atoms with Crippen LogP contribution in [0.15, 0.2) is 47.3 Å². The van der Waals surface area contributed by atoms with Gasteiger partial charge in [0.25, 0.3) is 11.5 Å². The van der Waals surface area contributed by atoms with Crippen molar-refractivity contribution in [3.8, 4) is 22.9 Å². The van der Waals surface area contributed by atoms with Crippen molar-refractivity contribution < 1.29 is 37.3 Å². The van der Waals surface area contributed by atoms with Crippen molar-refractivity contribution in [2.75, 3.05) is 42.6 Å². The monoisotopic (exact) mass is 762 g/mol. The molecular formula is C36H30ClF3N8O6. The van der Waals surface area contributed by atoms with Crippen LogP contribution >= 0.6 is 11.6 Å². The molecule has 0 aliphatic carbocycles. The summed E-state index contributed by atoms with van der Waals surface area (Å²) < 4.78 is 54.4. The second kappa shape index (κ2) is 12.4. The predicted octanol–water partition coefficient (Wildman–Crippen LogP) is 4.37. The number of hydrogen-bond acceptors (Lipinski definition) is 10. The lowest BCUT2D eigenvalue weighted by atomic mass is 10.0. The molecular weight excluding hydrogens is 733 g/mol. The zero-order valence-electron chi connectivity index (χ0n) is 28.6. The number of ether oxygens (including phenoxy) is 2. The maximum atomic E-state index is 14.6. The van der Waals surface area contributed by atoms with Crippen molar-refractivity contribution in [1.29, 1.82) is 0 Å². The average Bonchev–Trinajstić information content (AvgIpc) is 3.92. The fraction of sp³-hybridized carbons (Fsp3) is 0.333. The van der Waals surface area contributed by atoms with Crippen LogP contribution in [-0.4, -0.2) is 78.8 Å². The maximum Gasteiger partial charge on any atom is 0.416 e. The van der Waals surface area contributed by atoms with Gasteiger partial charge in [-0.2, -0.15) is 22.7 Å². The molecule has 4 aliphatic rings. The summed E-state index contributed by atoms with van der Waals surface area (Å²) in [6, 6.07) is 8.92. The largest absolute Gasteiger partial charge is 0.505 e. The average molecular weight is 763 g/mol. The van der Waals surface area contributed by atoms with E-state index in [9.17, 15) is 32.7 Å². The van der Waals surface area contributed by atoms with Crippen molar-refractivity contribution in [3.05, 3.63) is 91.6 Å². The Morgan fingerprint density at radius 1 is 1.00 bits per heavy atom. The molecule has 1 N–H and O–H groups in total. The Bertz CT molecular complexity index is 2480. The summed E-state index contributed by atoms with van der Waals surface area (Å²) in [6.45, 7) is 3.35. The van der Waals surface area contributed by atoms with Crippen LogP contribution in [0, 0.1) is 0 Å². The van der Waals surface area contributed by atoms with Crippen LogP contribution in [0.2, 0.25) is 5.02 Å². The Hall–Kier alpha value is -5.68. The van der Waals surface area contributed by atoms with E-state index in [0.29, 0.717) is 48.9 Å². The highest BCUT2D eigenvalue weighted by atomic mass is 35.5. The molecule has 7 heterocycles. The fourth-order valence-electron chi connectivity index (χ4n) is 7.67. The first-order valence-corrected chi connectivity index (χ1v) is 17.6. The zero-order valence-corrected chi connectivity index (χ0v) is 29.3. The summed E-state index contributed by atoms with van der Waals surface area (Å²) in [5, 5.41) is 14.9. The van der Waals surface area contributed by atoms with Gasteiger partial charge in [-0.3, -0.25) is 14.4 Å². The number of pyridine rings is 1. The number of alkyl halides is 3. The SMILES string of the molecule is CC1c2c(N3CCN(C(=O)c4nc5c(cc4O)OCC5)CC3)c(=O)n3nc(-c4ccc5c(c4)COC5)nc3n2CC(=O)N1c1ccc(C(F)(F)F)cc1Cl. The minimum atomic E-state index is -4.65. The van der Waals surface area contributed by atoms with Gasteiger partial charge in [0, 0.05) is 44.2 Å². The molecule has 1 saturated heterocycles. The van der Waals surface area contributed by atoms with Gasteiger partial charge in [0.2, 0.25) is 11.7 Å². The molecule has 3 aromatic heterocycles. The van der Waals surface area contributed by atoms with Gasteiger partial charge in [0.1, 0.15) is 18.0 Å². The third-order valence-electron chi connectivity index (χ3n) is 10.3. The van der Waals surface area contributed by atoms with E-state index in [1.807, 2.05) is 18.2 Å². The molecule has 1 atom stereocenters. The van der Waals surface area contributed by atoms with Crippen LogP contribution in [0.1, 0.15) is 51.5 Å². The lowest BCUT2D eigenvalue weighted by Crippen LogP contribution is -2.52. The quantitative estimate of drug-likeness (QED) is 0.280. The van der Waals surface area contributed by atoms with Crippen molar-refractivity contribution in [3.63, 3.8) is 0 Å². The Morgan fingerprint density at radius 3 is 2.54 bits per heavy atom. The summed E-state index contributed by atoms with van der Waals surface area (Å²) in [5.74, 6) is -0.452. The van der Waals surface area contributed by atoms with Crippen LogP contribution < -0.4 is 20.1 Å². The van der Waals surface area contributed by atoms with Gasteiger partial charge in [0.05, 0.1) is 53.5 Å². The summed E-state index contributed by atoms with van der Waals surface area (Å²) >= 11 is 6.42. The number of carbonyl (C=O) groups excluding carboxylic acids is 2.